The maximum atomic E-state index is 12.5. The zero-order valence-corrected chi connectivity index (χ0v) is 12.6. The van der Waals surface area contributed by atoms with Gasteiger partial charge >= 0.3 is 12.0 Å². The molecule has 0 bridgehead atoms. The van der Waals surface area contributed by atoms with Gasteiger partial charge in [0, 0.05) is 19.7 Å². The first-order valence-corrected chi connectivity index (χ1v) is 7.41. The monoisotopic (exact) mass is 300 g/mol. The third-order valence-electron chi connectivity index (χ3n) is 4.30. The zero-order chi connectivity index (χ0) is 15.4. The first-order valence-electron chi connectivity index (χ1n) is 7.41. The van der Waals surface area contributed by atoms with Crippen molar-refractivity contribution in [2.24, 2.45) is 11.8 Å². The first kappa shape index (κ1) is 16.0. The van der Waals surface area contributed by atoms with Crippen LogP contribution in [0.15, 0.2) is 0 Å². The summed E-state index contributed by atoms with van der Waals surface area (Å²) in [7, 11) is 1.60. The molecule has 3 unspecified atom stereocenters. The van der Waals surface area contributed by atoms with Crippen molar-refractivity contribution in [1.82, 2.24) is 10.2 Å². The van der Waals surface area contributed by atoms with Crippen molar-refractivity contribution in [2.75, 3.05) is 33.5 Å². The van der Waals surface area contributed by atoms with E-state index < -0.39 is 17.9 Å². The molecule has 120 valence electrons. The first-order chi connectivity index (χ1) is 10.0. The molecule has 1 saturated heterocycles. The summed E-state index contributed by atoms with van der Waals surface area (Å²) in [5, 5.41) is 11.9. The van der Waals surface area contributed by atoms with Crippen LogP contribution in [-0.2, 0) is 14.3 Å². The molecule has 0 aromatic rings. The van der Waals surface area contributed by atoms with Gasteiger partial charge in [-0.2, -0.15) is 0 Å². The number of aliphatic carboxylic acids is 1. The van der Waals surface area contributed by atoms with Gasteiger partial charge in [-0.1, -0.05) is 0 Å². The fourth-order valence-corrected chi connectivity index (χ4v) is 2.69. The summed E-state index contributed by atoms with van der Waals surface area (Å²) in [5.74, 6) is -1.06. The number of ether oxygens (including phenoxy) is 2. The van der Waals surface area contributed by atoms with Crippen LogP contribution in [0, 0.1) is 11.8 Å². The minimum atomic E-state index is -0.934. The van der Waals surface area contributed by atoms with Crippen LogP contribution in [0.4, 0.5) is 4.79 Å². The van der Waals surface area contributed by atoms with Crippen LogP contribution < -0.4 is 5.32 Å². The Morgan fingerprint density at radius 3 is 2.71 bits per heavy atom. The largest absolute Gasteiger partial charge is 0.481 e. The standard InChI is InChI=1S/C14H24N2O5/c1-9(10-3-4-10)16(5-6-20-2)14(19)15-12-8-21-7-11(12)13(17)18/h9-12H,3-8H2,1-2H3,(H,15,19)(H,17,18). The third-order valence-corrected chi connectivity index (χ3v) is 4.30. The number of urea groups is 1. The second kappa shape index (κ2) is 7.09. The molecule has 7 nitrogen and oxygen atoms in total. The molecule has 2 amide bonds. The molecule has 2 aliphatic rings. The highest BCUT2D eigenvalue weighted by Crippen LogP contribution is 2.35. The molecule has 0 spiro atoms. The number of hydrogen-bond acceptors (Lipinski definition) is 4. The molecule has 21 heavy (non-hydrogen) atoms. The van der Waals surface area contributed by atoms with Crippen LogP contribution in [0.25, 0.3) is 0 Å². The number of carboxylic acids is 1. The SMILES string of the molecule is COCCN(C(=O)NC1COCC1C(=O)O)C(C)C1CC1. The molecule has 1 aliphatic carbocycles. The number of methoxy groups -OCH3 is 1. The van der Waals surface area contributed by atoms with E-state index in [0.717, 1.165) is 12.8 Å². The van der Waals surface area contributed by atoms with Crippen LogP contribution in [0.5, 0.6) is 0 Å². The average molecular weight is 300 g/mol. The lowest BCUT2D eigenvalue weighted by Crippen LogP contribution is -2.52. The van der Waals surface area contributed by atoms with Crippen molar-refractivity contribution in [3.05, 3.63) is 0 Å². The highest BCUT2D eigenvalue weighted by atomic mass is 16.5. The molecule has 1 saturated carbocycles. The van der Waals surface area contributed by atoms with Gasteiger partial charge in [0.25, 0.3) is 0 Å². The van der Waals surface area contributed by atoms with Gasteiger partial charge in [-0.15, -0.1) is 0 Å². The van der Waals surface area contributed by atoms with E-state index >= 15 is 0 Å². The Labute approximate surface area is 124 Å². The van der Waals surface area contributed by atoms with Gasteiger partial charge in [0.15, 0.2) is 0 Å². The van der Waals surface area contributed by atoms with Gasteiger partial charge in [0.2, 0.25) is 0 Å². The van der Waals surface area contributed by atoms with Crippen molar-refractivity contribution in [1.29, 1.82) is 0 Å². The second-order valence-corrected chi connectivity index (χ2v) is 5.80. The summed E-state index contributed by atoms with van der Waals surface area (Å²) in [6.45, 7) is 3.40. The summed E-state index contributed by atoms with van der Waals surface area (Å²) in [4.78, 5) is 25.3. The molecular weight excluding hydrogens is 276 g/mol. The van der Waals surface area contributed by atoms with Crippen molar-refractivity contribution in [3.63, 3.8) is 0 Å². The van der Waals surface area contributed by atoms with Crippen LogP contribution in [0.3, 0.4) is 0 Å². The summed E-state index contributed by atoms with van der Waals surface area (Å²) in [6, 6.07) is -0.551. The number of nitrogens with zero attached hydrogens (tertiary/aromatic N) is 1. The number of amides is 2. The Morgan fingerprint density at radius 2 is 2.14 bits per heavy atom. The Balaban J connectivity index is 1.95. The lowest BCUT2D eigenvalue weighted by molar-refractivity contribution is -0.142. The Bertz CT molecular complexity index is 386. The fraction of sp³-hybridized carbons (Fsp3) is 0.857. The van der Waals surface area contributed by atoms with Crippen LogP contribution in [0.2, 0.25) is 0 Å². The van der Waals surface area contributed by atoms with Crippen molar-refractivity contribution in [2.45, 2.75) is 31.8 Å². The van der Waals surface area contributed by atoms with E-state index in [2.05, 4.69) is 5.32 Å². The van der Waals surface area contributed by atoms with Crippen molar-refractivity contribution in [3.8, 4) is 0 Å². The number of carbonyl (C=O) groups is 2. The molecular formula is C14H24N2O5. The summed E-state index contributed by atoms with van der Waals surface area (Å²) in [5.41, 5.74) is 0. The fourth-order valence-electron chi connectivity index (χ4n) is 2.69. The quantitative estimate of drug-likeness (QED) is 0.716. The van der Waals surface area contributed by atoms with E-state index in [4.69, 9.17) is 14.6 Å². The average Bonchev–Trinajstić information content (AvgIpc) is 3.19. The summed E-state index contributed by atoms with van der Waals surface area (Å²) in [6.07, 6.45) is 2.28. The lowest BCUT2D eigenvalue weighted by atomic mass is 10.0. The molecule has 2 rings (SSSR count). The van der Waals surface area contributed by atoms with E-state index in [1.165, 1.54) is 0 Å². The molecule has 1 heterocycles. The second-order valence-electron chi connectivity index (χ2n) is 5.80. The van der Waals surface area contributed by atoms with Crippen LogP contribution in [-0.4, -0.2) is 67.6 Å². The number of hydrogen-bond donors (Lipinski definition) is 2. The molecule has 0 aromatic heterocycles. The highest BCUT2D eigenvalue weighted by Gasteiger charge is 2.38. The van der Waals surface area contributed by atoms with Gasteiger partial charge in [0.1, 0.15) is 5.92 Å². The smallest absolute Gasteiger partial charge is 0.318 e. The van der Waals surface area contributed by atoms with Gasteiger partial charge in [-0.25, -0.2) is 4.79 Å². The predicted octanol–water partition coefficient (Wildman–Crippen LogP) is 0.543. The maximum absolute atomic E-state index is 12.5. The third kappa shape index (κ3) is 4.07. The zero-order valence-electron chi connectivity index (χ0n) is 12.6. The molecule has 1 aliphatic heterocycles. The van der Waals surface area contributed by atoms with Gasteiger partial charge in [0.05, 0.1) is 25.9 Å². The van der Waals surface area contributed by atoms with Gasteiger partial charge in [-0.3, -0.25) is 4.79 Å². The molecule has 2 N–H and O–H groups in total. The highest BCUT2D eigenvalue weighted by molar-refractivity contribution is 5.77. The van der Waals surface area contributed by atoms with Gasteiger partial charge in [-0.05, 0) is 25.7 Å². The Kier molecular flexibility index (Phi) is 5.41. The van der Waals surface area contributed by atoms with Gasteiger partial charge < -0.3 is 24.8 Å². The van der Waals surface area contributed by atoms with Crippen molar-refractivity contribution < 1.29 is 24.2 Å². The van der Waals surface area contributed by atoms with E-state index in [1.54, 1.807) is 12.0 Å². The topological polar surface area (TPSA) is 88.1 Å². The van der Waals surface area contributed by atoms with Crippen LogP contribution in [0.1, 0.15) is 19.8 Å². The number of rotatable bonds is 7. The van der Waals surface area contributed by atoms with E-state index in [-0.39, 0.29) is 25.3 Å². The normalized spacial score (nSPS) is 26.4. The molecule has 7 heteroatoms. The molecule has 2 fully saturated rings. The Morgan fingerprint density at radius 1 is 1.43 bits per heavy atom. The van der Waals surface area contributed by atoms with E-state index in [0.29, 0.717) is 19.1 Å². The minimum Gasteiger partial charge on any atom is -0.481 e. The van der Waals surface area contributed by atoms with E-state index in [1.807, 2.05) is 6.92 Å². The number of carboxylic acid groups (broad SMARTS) is 1. The van der Waals surface area contributed by atoms with Crippen molar-refractivity contribution >= 4 is 12.0 Å². The minimum absolute atomic E-state index is 0.144. The lowest BCUT2D eigenvalue weighted by Gasteiger charge is -2.31. The number of carbonyl (C=O) groups excluding carboxylic acids is 1. The summed E-state index contributed by atoms with van der Waals surface area (Å²) >= 11 is 0. The molecule has 0 radical (unpaired) electrons. The summed E-state index contributed by atoms with van der Waals surface area (Å²) < 4.78 is 10.2. The Hall–Kier alpha value is -1.34. The maximum Gasteiger partial charge on any atom is 0.318 e. The van der Waals surface area contributed by atoms with E-state index in [9.17, 15) is 9.59 Å². The predicted molar refractivity (Wildman–Crippen MR) is 75.0 cm³/mol. The molecule has 3 atom stereocenters. The molecule has 0 aromatic carbocycles. The number of nitrogens with one attached hydrogen (secondary N) is 1. The van der Waals surface area contributed by atoms with Crippen LogP contribution >= 0.6 is 0 Å².